The molecule has 2 aliphatic heterocycles. The number of hydrogen-bond acceptors (Lipinski definition) is 6. The molecule has 3 rings (SSSR count). The molecule has 0 aromatic carbocycles. The van der Waals surface area contributed by atoms with Crippen molar-refractivity contribution in [1.29, 1.82) is 0 Å². The number of ether oxygens (including phenoxy) is 1. The van der Waals surface area contributed by atoms with Crippen molar-refractivity contribution in [2.45, 2.75) is 30.2 Å². The number of carboxylic acid groups (broad SMARTS) is 1. The Bertz CT molecular complexity index is 732. The molecule has 0 bridgehead atoms. The largest absolute Gasteiger partial charge is 0.480 e. The lowest BCUT2D eigenvalue weighted by molar-refractivity contribution is -0.181. The third-order valence-corrected chi connectivity index (χ3v) is 6.56. The quantitative estimate of drug-likeness (QED) is 0.643. The number of fused-ring (bicyclic) bond motifs is 1. The summed E-state index contributed by atoms with van der Waals surface area (Å²) in [6, 6.07) is 3.50. The number of carboxylic acids is 1. The van der Waals surface area contributed by atoms with E-state index in [0.717, 1.165) is 11.8 Å². The fourth-order valence-electron chi connectivity index (χ4n) is 3.02. The van der Waals surface area contributed by atoms with Crippen LogP contribution in [0, 0.1) is 0 Å². The lowest BCUT2D eigenvalue weighted by Crippen LogP contribution is -2.80. The van der Waals surface area contributed by atoms with E-state index in [0.29, 0.717) is 10.6 Å². The van der Waals surface area contributed by atoms with Gasteiger partial charge in [-0.25, -0.2) is 0 Å². The molecular weight excluding hydrogens is 352 g/mol. The van der Waals surface area contributed by atoms with E-state index < -0.39 is 22.3 Å². The first-order valence-corrected chi connectivity index (χ1v) is 8.95. The standard InChI is InChI=1S/C15H16N2O5S2/c1-8-7-16-13(21)15(22-3,14(16)24-11(8)12(19)20)17(9(2)18)10-5-4-6-23-10/h4-7,11,14H,1-3H3,(H,19,20)/t11?,14-,15?/m1/s1. The molecule has 0 spiro atoms. The summed E-state index contributed by atoms with van der Waals surface area (Å²) in [4.78, 5) is 39.3. The minimum atomic E-state index is -1.54. The zero-order valence-corrected chi connectivity index (χ0v) is 14.9. The average molecular weight is 368 g/mol. The summed E-state index contributed by atoms with van der Waals surface area (Å²) < 4.78 is 5.54. The molecular formula is C15H16N2O5S2. The van der Waals surface area contributed by atoms with E-state index in [9.17, 15) is 19.5 Å². The van der Waals surface area contributed by atoms with Crippen LogP contribution in [-0.4, -0.2) is 51.2 Å². The lowest BCUT2D eigenvalue weighted by atomic mass is 9.98. The molecule has 1 aromatic heterocycles. The Morgan fingerprint density at radius 2 is 2.17 bits per heavy atom. The van der Waals surface area contributed by atoms with Crippen LogP contribution in [0.15, 0.2) is 29.3 Å². The highest BCUT2D eigenvalue weighted by molar-refractivity contribution is 8.01. The van der Waals surface area contributed by atoms with Gasteiger partial charge in [-0.3, -0.25) is 24.2 Å². The summed E-state index contributed by atoms with van der Waals surface area (Å²) in [5, 5.41) is 10.4. The maximum Gasteiger partial charge on any atom is 0.320 e. The Morgan fingerprint density at radius 3 is 2.67 bits per heavy atom. The number of β-lactam (4-membered cyclic amide) rings is 1. The van der Waals surface area contributed by atoms with Gasteiger partial charge in [0.05, 0.1) is 0 Å². The number of thioether (sulfide) groups is 1. The highest BCUT2D eigenvalue weighted by Gasteiger charge is 2.68. The van der Waals surface area contributed by atoms with E-state index in [-0.39, 0.29) is 11.8 Å². The van der Waals surface area contributed by atoms with Gasteiger partial charge in [-0.05, 0) is 30.0 Å². The Kier molecular flexibility index (Phi) is 4.18. The minimum absolute atomic E-state index is 0.342. The van der Waals surface area contributed by atoms with Crippen molar-refractivity contribution in [3.63, 3.8) is 0 Å². The van der Waals surface area contributed by atoms with E-state index in [1.54, 1.807) is 24.4 Å². The number of amides is 2. The van der Waals surface area contributed by atoms with E-state index in [4.69, 9.17) is 4.74 Å². The van der Waals surface area contributed by atoms with Crippen LogP contribution in [0.5, 0.6) is 0 Å². The molecule has 7 nitrogen and oxygen atoms in total. The Labute approximate surface area is 146 Å². The number of carbonyl (C=O) groups excluding carboxylic acids is 2. The lowest BCUT2D eigenvalue weighted by Gasteiger charge is -2.58. The number of aliphatic carboxylic acids is 1. The van der Waals surface area contributed by atoms with Crippen LogP contribution in [0.25, 0.3) is 0 Å². The first-order chi connectivity index (χ1) is 11.3. The zero-order valence-electron chi connectivity index (χ0n) is 13.3. The molecule has 1 aromatic rings. The van der Waals surface area contributed by atoms with Gasteiger partial charge in [0.15, 0.2) is 0 Å². The number of nitrogens with zero attached hydrogens (tertiary/aromatic N) is 2. The molecule has 128 valence electrons. The molecule has 2 unspecified atom stereocenters. The van der Waals surface area contributed by atoms with Crippen LogP contribution < -0.4 is 4.90 Å². The second-order valence-electron chi connectivity index (χ2n) is 5.50. The van der Waals surface area contributed by atoms with E-state index in [1.165, 1.54) is 41.4 Å². The van der Waals surface area contributed by atoms with E-state index in [2.05, 4.69) is 0 Å². The highest BCUT2D eigenvalue weighted by atomic mass is 32.2. The summed E-state index contributed by atoms with van der Waals surface area (Å²) in [6.07, 6.45) is 1.53. The van der Waals surface area contributed by atoms with Gasteiger partial charge in [0, 0.05) is 20.2 Å². The molecule has 9 heteroatoms. The van der Waals surface area contributed by atoms with Gasteiger partial charge in [0.2, 0.25) is 5.91 Å². The second kappa shape index (κ2) is 5.91. The molecule has 1 fully saturated rings. The smallest absolute Gasteiger partial charge is 0.320 e. The minimum Gasteiger partial charge on any atom is -0.480 e. The van der Waals surface area contributed by atoms with Gasteiger partial charge in [-0.2, -0.15) is 0 Å². The van der Waals surface area contributed by atoms with Crippen molar-refractivity contribution in [2.75, 3.05) is 12.0 Å². The molecule has 0 aliphatic carbocycles. The predicted molar refractivity (Wildman–Crippen MR) is 90.6 cm³/mol. The van der Waals surface area contributed by atoms with E-state index >= 15 is 0 Å². The SMILES string of the molecule is COC1(N(C(C)=O)c2cccs2)C(=O)N2C=C(C)C(C(=O)O)S[C@@H]21. The Hall–Kier alpha value is -1.84. The van der Waals surface area contributed by atoms with Crippen molar-refractivity contribution in [3.8, 4) is 0 Å². The number of hydrogen-bond donors (Lipinski definition) is 1. The maximum atomic E-state index is 12.8. The van der Waals surface area contributed by atoms with Crippen molar-refractivity contribution in [3.05, 3.63) is 29.3 Å². The summed E-state index contributed by atoms with van der Waals surface area (Å²) in [7, 11) is 1.36. The molecule has 3 atom stereocenters. The van der Waals surface area contributed by atoms with Crippen molar-refractivity contribution in [2.24, 2.45) is 0 Å². The highest BCUT2D eigenvalue weighted by Crippen LogP contribution is 2.50. The van der Waals surface area contributed by atoms with Gasteiger partial charge in [0.1, 0.15) is 15.6 Å². The normalized spacial score (nSPS) is 28.7. The summed E-state index contributed by atoms with van der Waals surface area (Å²) in [5.41, 5.74) is -0.959. The Balaban J connectivity index is 2.06. The fourth-order valence-corrected chi connectivity index (χ4v) is 5.26. The molecule has 2 aliphatic rings. The number of anilines is 1. The van der Waals surface area contributed by atoms with Crippen LogP contribution in [-0.2, 0) is 19.1 Å². The van der Waals surface area contributed by atoms with E-state index in [1.807, 2.05) is 0 Å². The first-order valence-electron chi connectivity index (χ1n) is 7.13. The second-order valence-corrected chi connectivity index (χ2v) is 7.61. The molecule has 24 heavy (non-hydrogen) atoms. The van der Waals surface area contributed by atoms with Gasteiger partial charge in [0.25, 0.3) is 11.6 Å². The Morgan fingerprint density at radius 1 is 1.46 bits per heavy atom. The molecule has 2 amide bonds. The predicted octanol–water partition coefficient (Wildman–Crippen LogP) is 1.72. The molecule has 0 radical (unpaired) electrons. The fraction of sp³-hybridized carbons (Fsp3) is 0.400. The van der Waals surface area contributed by atoms with Gasteiger partial charge in [-0.1, -0.05) is 0 Å². The van der Waals surface area contributed by atoms with Gasteiger partial charge < -0.3 is 9.84 Å². The van der Waals surface area contributed by atoms with Crippen molar-refractivity contribution < 1.29 is 24.2 Å². The average Bonchev–Trinajstić information content (AvgIpc) is 3.04. The number of thiophene rings is 1. The van der Waals surface area contributed by atoms with Crippen LogP contribution >= 0.6 is 23.1 Å². The van der Waals surface area contributed by atoms with Gasteiger partial charge in [-0.15, -0.1) is 23.1 Å². The summed E-state index contributed by atoms with van der Waals surface area (Å²) in [5.74, 6) is -1.71. The molecule has 1 N–H and O–H groups in total. The molecule has 0 saturated carbocycles. The van der Waals surface area contributed by atoms with Crippen molar-refractivity contribution >= 4 is 45.9 Å². The van der Waals surface area contributed by atoms with Gasteiger partial charge >= 0.3 is 5.97 Å². The topological polar surface area (TPSA) is 87.2 Å². The van der Waals surface area contributed by atoms with Crippen molar-refractivity contribution in [1.82, 2.24) is 4.90 Å². The monoisotopic (exact) mass is 368 g/mol. The van der Waals surface area contributed by atoms with Crippen LogP contribution in [0.1, 0.15) is 13.8 Å². The number of carbonyl (C=O) groups is 3. The third-order valence-electron chi connectivity index (χ3n) is 4.06. The molecule has 3 heterocycles. The summed E-state index contributed by atoms with van der Waals surface area (Å²) >= 11 is 2.41. The van der Waals surface area contributed by atoms with Crippen LogP contribution in [0.4, 0.5) is 5.00 Å². The maximum absolute atomic E-state index is 12.8. The number of rotatable bonds is 4. The first kappa shape index (κ1) is 17.0. The van der Waals surface area contributed by atoms with Crippen LogP contribution in [0.3, 0.4) is 0 Å². The molecule has 1 saturated heterocycles. The third kappa shape index (κ3) is 2.19. The summed E-state index contributed by atoms with van der Waals surface area (Å²) in [6.45, 7) is 3.03. The van der Waals surface area contributed by atoms with Crippen LogP contribution in [0.2, 0.25) is 0 Å². The number of methoxy groups -OCH3 is 1. The zero-order chi connectivity index (χ0) is 17.6.